The maximum absolute atomic E-state index is 14.5. The first-order chi connectivity index (χ1) is 22.1. The van der Waals surface area contributed by atoms with Crippen LogP contribution in [0.1, 0.15) is 36.5 Å². The highest BCUT2D eigenvalue weighted by molar-refractivity contribution is 7.92. The predicted molar refractivity (Wildman–Crippen MR) is 178 cm³/mol. The third kappa shape index (κ3) is 8.94. The number of sulfonamides is 1. The first-order valence-electron chi connectivity index (χ1n) is 15.2. The number of anilines is 1. The number of methoxy groups -OCH3 is 1. The number of rotatable bonds is 15. The van der Waals surface area contributed by atoms with E-state index >= 15 is 0 Å². The third-order valence-corrected chi connectivity index (χ3v) is 9.40. The zero-order valence-corrected chi connectivity index (χ0v) is 27.2. The van der Waals surface area contributed by atoms with Gasteiger partial charge >= 0.3 is 0 Å². The van der Waals surface area contributed by atoms with E-state index < -0.39 is 34.3 Å². The second kappa shape index (κ2) is 16.0. The normalized spacial score (nSPS) is 11.8. The Morgan fingerprint density at radius 1 is 0.870 bits per heavy atom. The molecule has 0 bridgehead atoms. The second-order valence-electron chi connectivity index (χ2n) is 11.0. The quantitative estimate of drug-likeness (QED) is 0.163. The summed E-state index contributed by atoms with van der Waals surface area (Å²) in [4.78, 5) is 29.6. The predicted octanol–water partition coefficient (Wildman–Crippen LogP) is 5.89. The molecule has 0 saturated carbocycles. The molecular formula is C36H40FN3O5S. The smallest absolute Gasteiger partial charge is 0.264 e. The molecule has 0 aliphatic carbocycles. The molecular weight excluding hydrogens is 605 g/mol. The van der Waals surface area contributed by atoms with Crippen molar-refractivity contribution in [3.05, 3.63) is 126 Å². The van der Waals surface area contributed by atoms with Gasteiger partial charge in [-0.25, -0.2) is 12.8 Å². The average Bonchev–Trinajstić information content (AvgIpc) is 3.07. The Labute approximate surface area is 270 Å². The minimum Gasteiger partial charge on any atom is -0.497 e. The minimum absolute atomic E-state index is 0.0232. The number of hydrogen-bond acceptors (Lipinski definition) is 5. The first kappa shape index (κ1) is 34.2. The van der Waals surface area contributed by atoms with Gasteiger partial charge in [-0.05, 0) is 73.0 Å². The Bertz CT molecular complexity index is 1680. The highest BCUT2D eigenvalue weighted by Gasteiger charge is 2.34. The van der Waals surface area contributed by atoms with Gasteiger partial charge in [0.1, 0.15) is 24.2 Å². The van der Waals surface area contributed by atoms with E-state index in [0.717, 1.165) is 28.3 Å². The number of aryl methyl sites for hydroxylation is 1. The maximum Gasteiger partial charge on any atom is 0.264 e. The van der Waals surface area contributed by atoms with Crippen molar-refractivity contribution in [1.29, 1.82) is 0 Å². The van der Waals surface area contributed by atoms with Crippen LogP contribution in [0, 0.1) is 12.7 Å². The molecule has 0 aliphatic heterocycles. The number of nitrogens with one attached hydrogen (secondary N) is 1. The summed E-state index contributed by atoms with van der Waals surface area (Å²) in [6, 6.07) is 26.8. The molecule has 0 saturated heterocycles. The van der Waals surface area contributed by atoms with Gasteiger partial charge in [-0.3, -0.25) is 13.9 Å². The summed E-state index contributed by atoms with van der Waals surface area (Å²) in [7, 11) is -2.75. The Kier molecular flexibility index (Phi) is 11.9. The fourth-order valence-electron chi connectivity index (χ4n) is 4.96. The number of ether oxygens (including phenoxy) is 1. The number of nitrogens with zero attached hydrogens (tertiary/aromatic N) is 2. The number of hydrogen-bond donors (Lipinski definition) is 1. The van der Waals surface area contributed by atoms with E-state index in [2.05, 4.69) is 5.32 Å². The van der Waals surface area contributed by atoms with E-state index in [1.54, 1.807) is 48.5 Å². The lowest BCUT2D eigenvalue weighted by Crippen LogP contribution is -2.53. The van der Waals surface area contributed by atoms with Gasteiger partial charge in [-0.1, -0.05) is 73.5 Å². The standard InChI is InChI=1S/C36H40FN3O5S/c1-4-5-23-38-36(42)34(24-28-9-7-6-8-10-28)39(25-29-13-15-30(37)16-14-29)35(41)26-40(31-17-11-27(2)12-18-31)46(43,44)33-21-19-32(45-3)20-22-33/h6-22,34H,4-5,23-26H2,1-3H3,(H,38,42)/t34-/m0/s1. The van der Waals surface area contributed by atoms with E-state index in [-0.39, 0.29) is 23.8 Å². The van der Waals surface area contributed by atoms with Gasteiger partial charge in [0.2, 0.25) is 11.8 Å². The van der Waals surface area contributed by atoms with Crippen molar-refractivity contribution >= 4 is 27.5 Å². The van der Waals surface area contributed by atoms with Crippen LogP contribution in [0.3, 0.4) is 0 Å². The summed E-state index contributed by atoms with van der Waals surface area (Å²) < 4.78 is 48.4. The Morgan fingerprint density at radius 2 is 1.52 bits per heavy atom. The number of unbranched alkanes of at least 4 members (excludes halogenated alkanes) is 1. The van der Waals surface area contributed by atoms with E-state index in [1.807, 2.05) is 44.2 Å². The maximum atomic E-state index is 14.5. The molecule has 4 rings (SSSR count). The molecule has 0 aliphatic rings. The van der Waals surface area contributed by atoms with Crippen molar-refractivity contribution in [1.82, 2.24) is 10.2 Å². The van der Waals surface area contributed by atoms with Gasteiger partial charge in [-0.2, -0.15) is 0 Å². The molecule has 46 heavy (non-hydrogen) atoms. The van der Waals surface area contributed by atoms with Crippen LogP contribution >= 0.6 is 0 Å². The van der Waals surface area contributed by atoms with Crippen LogP contribution in [0.15, 0.2) is 108 Å². The van der Waals surface area contributed by atoms with Crippen LogP contribution in [0.2, 0.25) is 0 Å². The largest absolute Gasteiger partial charge is 0.497 e. The van der Waals surface area contributed by atoms with Gasteiger partial charge in [0.25, 0.3) is 10.0 Å². The summed E-state index contributed by atoms with van der Waals surface area (Å²) in [6.45, 7) is 3.71. The average molecular weight is 646 g/mol. The molecule has 0 fully saturated rings. The molecule has 1 N–H and O–H groups in total. The van der Waals surface area contributed by atoms with Crippen LogP contribution in [-0.4, -0.2) is 51.4 Å². The molecule has 10 heteroatoms. The van der Waals surface area contributed by atoms with Crippen LogP contribution < -0.4 is 14.4 Å². The van der Waals surface area contributed by atoms with E-state index in [1.165, 1.54) is 36.3 Å². The van der Waals surface area contributed by atoms with Gasteiger partial charge < -0.3 is 15.0 Å². The zero-order valence-electron chi connectivity index (χ0n) is 26.4. The van der Waals surface area contributed by atoms with Crippen molar-refractivity contribution in [2.24, 2.45) is 0 Å². The van der Waals surface area contributed by atoms with Crippen molar-refractivity contribution < 1.29 is 27.1 Å². The van der Waals surface area contributed by atoms with E-state index in [4.69, 9.17) is 4.74 Å². The van der Waals surface area contributed by atoms with Gasteiger partial charge in [0.15, 0.2) is 0 Å². The number of benzene rings is 4. The second-order valence-corrected chi connectivity index (χ2v) is 12.9. The Hall–Kier alpha value is -4.70. The molecule has 0 aromatic heterocycles. The Balaban J connectivity index is 1.78. The number of amides is 2. The topological polar surface area (TPSA) is 96.0 Å². The molecule has 4 aromatic rings. The van der Waals surface area contributed by atoms with Gasteiger partial charge in [0, 0.05) is 19.5 Å². The lowest BCUT2D eigenvalue weighted by Gasteiger charge is -2.34. The van der Waals surface area contributed by atoms with E-state index in [0.29, 0.717) is 23.5 Å². The molecule has 8 nitrogen and oxygen atoms in total. The summed E-state index contributed by atoms with van der Waals surface area (Å²) in [5.74, 6) is -0.891. The molecule has 0 unspecified atom stereocenters. The summed E-state index contributed by atoms with van der Waals surface area (Å²) in [5.41, 5.74) is 2.63. The molecule has 2 amide bonds. The van der Waals surface area contributed by atoms with E-state index in [9.17, 15) is 22.4 Å². The molecule has 0 spiro atoms. The van der Waals surface area contributed by atoms with Gasteiger partial charge in [-0.15, -0.1) is 0 Å². The fraction of sp³-hybridized carbons (Fsp3) is 0.278. The van der Waals surface area contributed by atoms with Crippen molar-refractivity contribution in [2.45, 2.75) is 50.6 Å². The molecule has 0 radical (unpaired) electrons. The van der Waals surface area contributed by atoms with Gasteiger partial charge in [0.05, 0.1) is 17.7 Å². The molecule has 4 aromatic carbocycles. The lowest BCUT2D eigenvalue weighted by molar-refractivity contribution is -0.140. The summed E-state index contributed by atoms with van der Waals surface area (Å²) in [6.07, 6.45) is 1.83. The lowest BCUT2D eigenvalue weighted by atomic mass is 10.0. The highest BCUT2D eigenvalue weighted by atomic mass is 32.2. The summed E-state index contributed by atoms with van der Waals surface area (Å²) in [5, 5.41) is 2.96. The van der Waals surface area contributed by atoms with Crippen molar-refractivity contribution in [3.8, 4) is 5.75 Å². The fourth-order valence-corrected chi connectivity index (χ4v) is 6.38. The highest BCUT2D eigenvalue weighted by Crippen LogP contribution is 2.27. The Morgan fingerprint density at radius 3 is 2.13 bits per heavy atom. The summed E-state index contributed by atoms with van der Waals surface area (Å²) >= 11 is 0. The monoisotopic (exact) mass is 645 g/mol. The number of carbonyl (C=O) groups excluding carboxylic acids is 2. The van der Waals surface area contributed by atoms with Crippen LogP contribution in [0.4, 0.5) is 10.1 Å². The SMILES string of the molecule is CCCCNC(=O)[C@H](Cc1ccccc1)N(Cc1ccc(F)cc1)C(=O)CN(c1ccc(C)cc1)S(=O)(=O)c1ccc(OC)cc1. The van der Waals surface area contributed by atoms with Crippen molar-refractivity contribution in [2.75, 3.05) is 24.5 Å². The molecule has 0 heterocycles. The molecule has 1 atom stereocenters. The first-order valence-corrected chi connectivity index (χ1v) is 16.7. The molecule has 242 valence electrons. The van der Waals surface area contributed by atoms with Crippen molar-refractivity contribution in [3.63, 3.8) is 0 Å². The van der Waals surface area contributed by atoms with Crippen LogP contribution in [0.5, 0.6) is 5.75 Å². The number of halogens is 1. The third-order valence-electron chi connectivity index (χ3n) is 7.62. The zero-order chi connectivity index (χ0) is 33.1. The van der Waals surface area contributed by atoms with Crippen LogP contribution in [0.25, 0.3) is 0 Å². The minimum atomic E-state index is -4.24. The number of carbonyl (C=O) groups is 2. The van der Waals surface area contributed by atoms with Crippen LogP contribution in [-0.2, 0) is 32.6 Å².